The van der Waals surface area contributed by atoms with Crippen molar-refractivity contribution in [2.45, 2.75) is 26.8 Å². The van der Waals surface area contributed by atoms with Gasteiger partial charge in [-0.1, -0.05) is 18.2 Å². The Morgan fingerprint density at radius 3 is 2.39 bits per heavy atom. The first-order valence-corrected chi connectivity index (χ1v) is 10.3. The summed E-state index contributed by atoms with van der Waals surface area (Å²) in [5.41, 5.74) is 4.39. The molecular weight excluding hydrogens is 505 g/mol. The second kappa shape index (κ2) is 13.2. The molecule has 0 bridgehead atoms. The molecule has 0 spiro atoms. The van der Waals surface area contributed by atoms with Gasteiger partial charge in [-0.05, 0) is 32.4 Å². The molecule has 9 heteroatoms. The summed E-state index contributed by atoms with van der Waals surface area (Å²) >= 11 is 0. The van der Waals surface area contributed by atoms with E-state index in [-0.39, 0.29) is 36.4 Å². The third-order valence-corrected chi connectivity index (χ3v) is 5.12. The largest absolute Gasteiger partial charge is 0.375 e. The highest BCUT2D eigenvalue weighted by Gasteiger charge is 2.10. The topological polar surface area (TPSA) is 77.8 Å². The van der Waals surface area contributed by atoms with Gasteiger partial charge in [0, 0.05) is 58.2 Å². The molecule has 0 saturated carbocycles. The molecule has 8 nitrogen and oxygen atoms in total. The first-order valence-electron chi connectivity index (χ1n) is 10.3. The highest BCUT2D eigenvalue weighted by atomic mass is 127. The van der Waals surface area contributed by atoms with Crippen molar-refractivity contribution in [2.75, 3.05) is 45.7 Å². The number of carbonyl (C=O) groups excluding carboxylic acids is 1. The lowest BCUT2D eigenvalue weighted by molar-refractivity contribution is -0.127. The maximum Gasteiger partial charge on any atom is 0.241 e. The predicted molar refractivity (Wildman–Crippen MR) is 138 cm³/mol. The number of carbonyl (C=O) groups is 1. The van der Waals surface area contributed by atoms with Crippen LogP contribution in [0.2, 0.25) is 0 Å². The molecule has 2 rings (SSSR count). The second-order valence-electron chi connectivity index (χ2n) is 7.62. The highest BCUT2D eigenvalue weighted by Crippen LogP contribution is 2.13. The van der Waals surface area contributed by atoms with Gasteiger partial charge in [0.05, 0.1) is 18.8 Å². The van der Waals surface area contributed by atoms with E-state index in [1.165, 1.54) is 5.69 Å². The molecule has 0 aliphatic carbocycles. The van der Waals surface area contributed by atoms with E-state index >= 15 is 0 Å². The number of halogens is 1. The average molecular weight is 541 g/mol. The van der Waals surface area contributed by atoms with Crippen molar-refractivity contribution in [3.05, 3.63) is 47.3 Å². The summed E-state index contributed by atoms with van der Waals surface area (Å²) in [7, 11) is 7.52. The molecule has 0 aliphatic rings. The SMILES string of the molecule is Cc1nn(C)c(C)c1CN=C(NCCCN(C)c1ccccc1)NCC(=O)N(C)C.I. The van der Waals surface area contributed by atoms with Crippen molar-refractivity contribution >= 4 is 41.5 Å². The summed E-state index contributed by atoms with van der Waals surface area (Å²) < 4.78 is 1.87. The lowest BCUT2D eigenvalue weighted by atomic mass is 10.2. The number of likely N-dealkylation sites (N-methyl/N-ethyl adjacent to an activating group) is 1. The van der Waals surface area contributed by atoms with Gasteiger partial charge in [-0.2, -0.15) is 5.10 Å². The van der Waals surface area contributed by atoms with Gasteiger partial charge in [-0.3, -0.25) is 9.48 Å². The Balaban J connectivity index is 0.00000480. The van der Waals surface area contributed by atoms with E-state index < -0.39 is 0 Å². The number of hydrogen-bond donors (Lipinski definition) is 2. The molecule has 1 amide bonds. The average Bonchev–Trinajstić information content (AvgIpc) is 2.98. The van der Waals surface area contributed by atoms with Crippen LogP contribution in [0.5, 0.6) is 0 Å². The van der Waals surface area contributed by atoms with E-state index in [9.17, 15) is 4.79 Å². The van der Waals surface area contributed by atoms with Crippen molar-refractivity contribution in [3.8, 4) is 0 Å². The molecule has 0 atom stereocenters. The molecule has 2 N–H and O–H groups in total. The molecule has 1 aromatic carbocycles. The van der Waals surface area contributed by atoms with E-state index in [2.05, 4.69) is 39.8 Å². The number of anilines is 1. The normalized spacial score (nSPS) is 11.0. The summed E-state index contributed by atoms with van der Waals surface area (Å²) in [5.74, 6) is 0.636. The number of amides is 1. The molecule has 0 aliphatic heterocycles. The Kier molecular flexibility index (Phi) is 11.4. The van der Waals surface area contributed by atoms with Crippen molar-refractivity contribution in [2.24, 2.45) is 12.0 Å². The van der Waals surface area contributed by atoms with Crippen LogP contribution in [0.4, 0.5) is 5.69 Å². The fraction of sp³-hybridized carbons (Fsp3) is 0.500. The molecule has 0 unspecified atom stereocenters. The van der Waals surface area contributed by atoms with Gasteiger partial charge in [-0.25, -0.2) is 4.99 Å². The van der Waals surface area contributed by atoms with E-state index in [1.54, 1.807) is 19.0 Å². The summed E-state index contributed by atoms with van der Waals surface area (Å²) in [5, 5.41) is 10.9. The fourth-order valence-corrected chi connectivity index (χ4v) is 3.03. The molecule has 31 heavy (non-hydrogen) atoms. The summed E-state index contributed by atoms with van der Waals surface area (Å²) in [4.78, 5) is 20.5. The molecule has 1 aromatic heterocycles. The number of nitrogens with zero attached hydrogens (tertiary/aromatic N) is 5. The van der Waals surface area contributed by atoms with Crippen LogP contribution in [-0.4, -0.2) is 67.3 Å². The zero-order valence-electron chi connectivity index (χ0n) is 19.5. The first kappa shape index (κ1) is 26.7. The molecule has 0 fully saturated rings. The zero-order valence-corrected chi connectivity index (χ0v) is 21.8. The van der Waals surface area contributed by atoms with Crippen molar-refractivity contribution in [1.82, 2.24) is 25.3 Å². The maximum absolute atomic E-state index is 12.0. The van der Waals surface area contributed by atoms with Crippen LogP contribution in [0.15, 0.2) is 35.3 Å². The third-order valence-electron chi connectivity index (χ3n) is 5.12. The van der Waals surface area contributed by atoms with E-state index in [1.807, 2.05) is 43.8 Å². The predicted octanol–water partition coefficient (Wildman–Crippen LogP) is 2.30. The Morgan fingerprint density at radius 2 is 1.81 bits per heavy atom. The van der Waals surface area contributed by atoms with Gasteiger partial charge < -0.3 is 20.4 Å². The van der Waals surface area contributed by atoms with Crippen LogP contribution in [0.3, 0.4) is 0 Å². The number of guanidine groups is 1. The number of aromatic nitrogens is 2. The molecule has 2 aromatic rings. The minimum Gasteiger partial charge on any atom is -0.375 e. The van der Waals surface area contributed by atoms with Gasteiger partial charge in [0.25, 0.3) is 0 Å². The van der Waals surface area contributed by atoms with Crippen LogP contribution in [0.25, 0.3) is 0 Å². The number of benzene rings is 1. The Hall–Kier alpha value is -2.30. The Bertz CT molecular complexity index is 849. The number of hydrogen-bond acceptors (Lipinski definition) is 4. The number of aliphatic imine (C=N–C) groups is 1. The summed E-state index contributed by atoms with van der Waals surface area (Å²) in [6.45, 7) is 6.42. The smallest absolute Gasteiger partial charge is 0.241 e. The van der Waals surface area contributed by atoms with E-state index in [0.717, 1.165) is 36.5 Å². The van der Waals surface area contributed by atoms with Gasteiger partial charge in [0.1, 0.15) is 0 Å². The van der Waals surface area contributed by atoms with Crippen molar-refractivity contribution in [3.63, 3.8) is 0 Å². The number of aryl methyl sites for hydroxylation is 2. The van der Waals surface area contributed by atoms with Crippen LogP contribution in [-0.2, 0) is 18.4 Å². The molecule has 0 radical (unpaired) electrons. The van der Waals surface area contributed by atoms with Gasteiger partial charge >= 0.3 is 0 Å². The van der Waals surface area contributed by atoms with Crippen LogP contribution in [0.1, 0.15) is 23.4 Å². The third kappa shape index (κ3) is 8.39. The molecule has 172 valence electrons. The Morgan fingerprint density at radius 1 is 1.13 bits per heavy atom. The first-order chi connectivity index (χ1) is 14.3. The zero-order chi connectivity index (χ0) is 22.1. The van der Waals surface area contributed by atoms with Crippen LogP contribution >= 0.6 is 24.0 Å². The lowest BCUT2D eigenvalue weighted by Crippen LogP contribution is -2.43. The van der Waals surface area contributed by atoms with Crippen molar-refractivity contribution < 1.29 is 4.79 Å². The quantitative estimate of drug-likeness (QED) is 0.221. The lowest BCUT2D eigenvalue weighted by Gasteiger charge is -2.20. The monoisotopic (exact) mass is 541 g/mol. The number of nitrogens with one attached hydrogen (secondary N) is 2. The fourth-order valence-electron chi connectivity index (χ4n) is 3.03. The standard InChI is InChI=1S/C22H35N7O.HI/c1-17-20(18(2)29(6)26-17)15-24-22(25-16-21(30)27(3)4)23-13-10-14-28(5)19-11-8-7-9-12-19;/h7-9,11-12H,10,13-16H2,1-6H3,(H2,23,24,25);1H. The van der Waals surface area contributed by atoms with Crippen LogP contribution < -0.4 is 15.5 Å². The molecule has 1 heterocycles. The highest BCUT2D eigenvalue weighted by molar-refractivity contribution is 14.0. The minimum atomic E-state index is 0. The molecule has 0 saturated heterocycles. The molecular formula is C22H36IN7O. The maximum atomic E-state index is 12.0. The van der Waals surface area contributed by atoms with Crippen LogP contribution in [0, 0.1) is 13.8 Å². The summed E-state index contributed by atoms with van der Waals surface area (Å²) in [6.07, 6.45) is 0.943. The van der Waals surface area contributed by atoms with Gasteiger partial charge in [0.2, 0.25) is 5.91 Å². The second-order valence-corrected chi connectivity index (χ2v) is 7.62. The van der Waals surface area contributed by atoms with E-state index in [4.69, 9.17) is 4.99 Å². The van der Waals surface area contributed by atoms with Gasteiger partial charge in [0.15, 0.2) is 5.96 Å². The Labute approximate surface area is 203 Å². The minimum absolute atomic E-state index is 0. The number of para-hydroxylation sites is 1. The summed E-state index contributed by atoms with van der Waals surface area (Å²) in [6, 6.07) is 10.3. The van der Waals surface area contributed by atoms with Gasteiger partial charge in [-0.15, -0.1) is 24.0 Å². The van der Waals surface area contributed by atoms with E-state index in [0.29, 0.717) is 12.5 Å². The van der Waals surface area contributed by atoms with Crippen molar-refractivity contribution in [1.29, 1.82) is 0 Å². The number of rotatable bonds is 9.